The number of rotatable bonds is 4. The second kappa shape index (κ2) is 7.76. The van der Waals surface area contributed by atoms with Crippen LogP contribution in [0.25, 0.3) is 22.1 Å². The molecule has 160 valence electrons. The van der Waals surface area contributed by atoms with Gasteiger partial charge in [0.25, 0.3) is 0 Å². The summed E-state index contributed by atoms with van der Waals surface area (Å²) < 4.78 is 10.4. The van der Waals surface area contributed by atoms with Crippen molar-refractivity contribution in [1.29, 1.82) is 0 Å². The molecular weight excluding hydrogens is 460 g/mol. The monoisotopic (exact) mass is 482 g/mol. The van der Waals surface area contributed by atoms with Gasteiger partial charge in [0.2, 0.25) is 0 Å². The van der Waals surface area contributed by atoms with Crippen LogP contribution in [0.5, 0.6) is 0 Å². The fraction of sp³-hybridized carbons (Fsp3) is 0.348. The normalized spacial score (nSPS) is 16.2. The lowest BCUT2D eigenvalue weighted by Gasteiger charge is -2.33. The maximum Gasteiger partial charge on any atom is 0.358 e. The third kappa shape index (κ3) is 3.16. The average Bonchev–Trinajstić information content (AvgIpc) is 3.29. The Morgan fingerprint density at radius 1 is 1.19 bits per heavy atom. The van der Waals surface area contributed by atoms with Crippen LogP contribution in [0.4, 0.5) is 0 Å². The van der Waals surface area contributed by atoms with Crippen LogP contribution < -0.4 is 0 Å². The fourth-order valence-corrected chi connectivity index (χ4v) is 5.18. The smallest absolute Gasteiger partial charge is 0.358 e. The van der Waals surface area contributed by atoms with Crippen molar-refractivity contribution in [1.82, 2.24) is 19.3 Å². The summed E-state index contributed by atoms with van der Waals surface area (Å²) in [4.78, 5) is 16.9. The molecule has 3 aromatic heterocycles. The zero-order chi connectivity index (χ0) is 21.7. The largest absolute Gasteiger partial charge is 0.476 e. The number of carboxylic acid groups (broad SMARTS) is 1. The van der Waals surface area contributed by atoms with E-state index < -0.39 is 5.97 Å². The summed E-state index contributed by atoms with van der Waals surface area (Å²) in [6, 6.07) is 10.3. The number of halogens is 1. The number of aromatic nitrogens is 4. The van der Waals surface area contributed by atoms with Crippen molar-refractivity contribution < 1.29 is 14.6 Å². The second-order valence-electron chi connectivity index (χ2n) is 8.08. The fourth-order valence-electron chi connectivity index (χ4n) is 4.89. The highest BCUT2D eigenvalue weighted by molar-refractivity contribution is 9.10. The lowest BCUT2D eigenvalue weighted by molar-refractivity contribution is 0.0551. The van der Waals surface area contributed by atoms with E-state index in [9.17, 15) is 9.90 Å². The molecule has 4 aromatic rings. The summed E-state index contributed by atoms with van der Waals surface area (Å²) >= 11 is 3.63. The Morgan fingerprint density at radius 2 is 1.90 bits per heavy atom. The summed E-state index contributed by atoms with van der Waals surface area (Å²) in [5, 5.41) is 14.3. The molecule has 1 fully saturated rings. The predicted octanol–water partition coefficient (Wildman–Crippen LogP) is 4.71. The molecule has 1 atom stereocenters. The van der Waals surface area contributed by atoms with E-state index in [1.54, 1.807) is 17.9 Å². The van der Waals surface area contributed by atoms with Crippen LogP contribution in [-0.2, 0) is 11.8 Å². The third-order valence-corrected chi connectivity index (χ3v) is 7.11. The van der Waals surface area contributed by atoms with Gasteiger partial charge in [-0.2, -0.15) is 5.10 Å². The molecule has 0 unspecified atom stereocenters. The van der Waals surface area contributed by atoms with Crippen LogP contribution in [-0.4, -0.2) is 43.6 Å². The van der Waals surface area contributed by atoms with E-state index in [1.165, 1.54) is 0 Å². The van der Waals surface area contributed by atoms with E-state index in [0.717, 1.165) is 45.0 Å². The number of carbonyl (C=O) groups is 1. The average molecular weight is 483 g/mol. The Hall–Kier alpha value is -2.71. The van der Waals surface area contributed by atoms with Gasteiger partial charge in [-0.15, -0.1) is 0 Å². The van der Waals surface area contributed by atoms with Gasteiger partial charge in [0.15, 0.2) is 5.69 Å². The van der Waals surface area contributed by atoms with Crippen molar-refractivity contribution in [3.05, 3.63) is 57.8 Å². The molecule has 0 spiro atoms. The molecule has 0 aliphatic carbocycles. The number of fused-ring (bicyclic) bond motifs is 3. The standard InChI is InChI=1S/C23H23BrN4O3/c1-13-16(24)12-25-17-19(13)28(22-18(23(29)30)26-27(2)21(17)22)20(14-6-4-3-5-7-14)15-8-10-31-11-9-15/h3-7,12,15,20H,8-11H2,1-2H3,(H,29,30)/t20-/m1/s1. The molecule has 4 heterocycles. The van der Waals surface area contributed by atoms with Crippen LogP contribution in [0.15, 0.2) is 41.0 Å². The van der Waals surface area contributed by atoms with Crippen LogP contribution in [0, 0.1) is 12.8 Å². The number of aromatic carboxylic acids is 1. The molecule has 0 radical (unpaired) electrons. The highest BCUT2D eigenvalue weighted by atomic mass is 79.9. The molecule has 0 bridgehead atoms. The minimum atomic E-state index is -1.04. The number of aryl methyl sites for hydroxylation is 2. The number of hydrogen-bond donors (Lipinski definition) is 1. The Balaban J connectivity index is 1.93. The van der Waals surface area contributed by atoms with Gasteiger partial charge in [0.05, 0.1) is 11.6 Å². The number of benzene rings is 1. The van der Waals surface area contributed by atoms with Crippen LogP contribution in [0.1, 0.15) is 40.5 Å². The molecular formula is C23H23BrN4O3. The maximum absolute atomic E-state index is 12.2. The Labute approximate surface area is 187 Å². The number of hydrogen-bond acceptors (Lipinski definition) is 4. The lowest BCUT2D eigenvalue weighted by Crippen LogP contribution is -2.27. The van der Waals surface area contributed by atoms with E-state index in [1.807, 2.05) is 25.1 Å². The van der Waals surface area contributed by atoms with Gasteiger partial charge in [-0.1, -0.05) is 30.3 Å². The van der Waals surface area contributed by atoms with Crippen molar-refractivity contribution in [2.75, 3.05) is 13.2 Å². The molecule has 0 amide bonds. The summed E-state index contributed by atoms with van der Waals surface area (Å²) in [6.45, 7) is 3.45. The predicted molar refractivity (Wildman–Crippen MR) is 122 cm³/mol. The molecule has 1 aliphatic heterocycles. The molecule has 1 aromatic carbocycles. The first-order chi connectivity index (χ1) is 15.0. The highest BCUT2D eigenvalue weighted by Crippen LogP contribution is 2.42. The van der Waals surface area contributed by atoms with Gasteiger partial charge in [-0.3, -0.25) is 9.67 Å². The van der Waals surface area contributed by atoms with Gasteiger partial charge in [-0.05, 0) is 52.7 Å². The molecule has 1 aliphatic rings. The minimum Gasteiger partial charge on any atom is -0.476 e. The van der Waals surface area contributed by atoms with Crippen molar-refractivity contribution in [2.24, 2.45) is 13.0 Å². The van der Waals surface area contributed by atoms with Crippen molar-refractivity contribution in [2.45, 2.75) is 25.8 Å². The zero-order valence-electron chi connectivity index (χ0n) is 17.4. The summed E-state index contributed by atoms with van der Waals surface area (Å²) in [6.07, 6.45) is 3.59. The molecule has 7 nitrogen and oxygen atoms in total. The van der Waals surface area contributed by atoms with Crippen molar-refractivity contribution in [3.63, 3.8) is 0 Å². The molecule has 1 saturated heterocycles. The van der Waals surface area contributed by atoms with E-state index >= 15 is 0 Å². The van der Waals surface area contributed by atoms with Gasteiger partial charge < -0.3 is 14.4 Å². The molecule has 5 rings (SSSR count). The molecule has 1 N–H and O–H groups in total. The van der Waals surface area contributed by atoms with Crippen LogP contribution in [0.2, 0.25) is 0 Å². The van der Waals surface area contributed by atoms with Crippen molar-refractivity contribution in [3.8, 4) is 0 Å². The maximum atomic E-state index is 12.2. The Morgan fingerprint density at radius 3 is 2.58 bits per heavy atom. The number of pyridine rings is 1. The van der Waals surface area contributed by atoms with Gasteiger partial charge in [-0.25, -0.2) is 4.79 Å². The minimum absolute atomic E-state index is 0.0535. The highest BCUT2D eigenvalue weighted by Gasteiger charge is 2.34. The van der Waals surface area contributed by atoms with E-state index in [4.69, 9.17) is 9.72 Å². The second-order valence-corrected chi connectivity index (χ2v) is 8.93. The number of carboxylic acids is 1. The van der Waals surface area contributed by atoms with Crippen LogP contribution in [0.3, 0.4) is 0 Å². The first kappa shape index (κ1) is 20.2. The molecule has 31 heavy (non-hydrogen) atoms. The molecule has 0 saturated carbocycles. The van der Waals surface area contributed by atoms with Crippen LogP contribution >= 0.6 is 15.9 Å². The van der Waals surface area contributed by atoms with E-state index in [2.05, 4.69) is 37.7 Å². The lowest BCUT2D eigenvalue weighted by atomic mass is 9.86. The van der Waals surface area contributed by atoms with E-state index in [0.29, 0.717) is 24.6 Å². The summed E-state index contributed by atoms with van der Waals surface area (Å²) in [5.41, 5.74) is 5.32. The SMILES string of the molecule is Cc1c(Br)cnc2c3c(c(C(=O)O)nn3C)n([C@H](c3ccccc3)C3CCOCC3)c12. The third-order valence-electron chi connectivity index (χ3n) is 6.31. The van der Waals surface area contributed by atoms with Gasteiger partial charge in [0.1, 0.15) is 16.6 Å². The summed E-state index contributed by atoms with van der Waals surface area (Å²) in [5.74, 6) is -0.736. The molecule has 8 heteroatoms. The number of nitrogens with zero attached hydrogens (tertiary/aromatic N) is 4. The Kier molecular flexibility index (Phi) is 5.06. The van der Waals surface area contributed by atoms with E-state index in [-0.39, 0.29) is 11.7 Å². The quantitative estimate of drug-likeness (QED) is 0.455. The zero-order valence-corrected chi connectivity index (χ0v) is 19.0. The first-order valence-corrected chi connectivity index (χ1v) is 11.2. The van der Waals surface area contributed by atoms with Gasteiger partial charge in [0, 0.05) is 30.9 Å². The Bertz CT molecular complexity index is 1290. The number of ether oxygens (including phenoxy) is 1. The summed E-state index contributed by atoms with van der Waals surface area (Å²) in [7, 11) is 1.78. The first-order valence-electron chi connectivity index (χ1n) is 10.4. The van der Waals surface area contributed by atoms with Crippen molar-refractivity contribution >= 4 is 44.0 Å². The van der Waals surface area contributed by atoms with Gasteiger partial charge >= 0.3 is 5.97 Å². The topological polar surface area (TPSA) is 82.2 Å².